The van der Waals surface area contributed by atoms with E-state index in [1.807, 2.05) is 6.07 Å². The van der Waals surface area contributed by atoms with Gasteiger partial charge in [0.15, 0.2) is 0 Å². The number of nitrogens with two attached hydrogens (primary N) is 1. The lowest BCUT2D eigenvalue weighted by molar-refractivity contribution is 0.161. The lowest BCUT2D eigenvalue weighted by atomic mass is 9.97. The highest BCUT2D eigenvalue weighted by Crippen LogP contribution is 2.43. The third kappa shape index (κ3) is 4.99. The molecule has 1 aliphatic carbocycles. The Kier molecular flexibility index (Phi) is 8.48. The quantitative estimate of drug-likeness (QED) is 0.635. The van der Waals surface area contributed by atoms with Crippen molar-refractivity contribution in [2.24, 2.45) is 5.92 Å². The molecule has 0 unspecified atom stereocenters. The van der Waals surface area contributed by atoms with E-state index in [0.29, 0.717) is 6.04 Å². The lowest BCUT2D eigenvalue weighted by Crippen LogP contribution is -2.45. The fourth-order valence-electron chi connectivity index (χ4n) is 3.02. The molecule has 1 aromatic carbocycles. The molecule has 0 spiro atoms. The highest BCUT2D eigenvalue weighted by molar-refractivity contribution is 9.11. The Hall–Kier alpha value is 0.480. The monoisotopic (exact) mass is 473 g/mol. The first kappa shape index (κ1) is 20.5. The molecular weight excluding hydrogens is 453 g/mol. The first-order chi connectivity index (χ1) is 9.65. The number of hydrogen-bond donors (Lipinski definition) is 2. The topological polar surface area (TPSA) is 41.3 Å². The van der Waals surface area contributed by atoms with Crippen molar-refractivity contribution in [3.8, 4) is 0 Å². The van der Waals surface area contributed by atoms with Gasteiger partial charge in [-0.25, -0.2) is 0 Å². The smallest absolute Gasteiger partial charge is 0.0507 e. The molecule has 22 heavy (non-hydrogen) atoms. The van der Waals surface area contributed by atoms with Gasteiger partial charge in [-0.15, -0.1) is 24.8 Å². The number of piperazine rings is 1. The Morgan fingerprint density at radius 3 is 2.41 bits per heavy atom. The summed E-state index contributed by atoms with van der Waals surface area (Å²) >= 11 is 7.19. The minimum Gasteiger partial charge on any atom is -0.398 e. The number of anilines is 1. The molecule has 126 valence electrons. The van der Waals surface area contributed by atoms with Crippen molar-refractivity contribution in [3.05, 3.63) is 26.6 Å². The molecule has 3 nitrogen and oxygen atoms in total. The van der Waals surface area contributed by atoms with Gasteiger partial charge < -0.3 is 11.1 Å². The van der Waals surface area contributed by atoms with E-state index in [0.717, 1.165) is 46.7 Å². The predicted molar refractivity (Wildman–Crippen MR) is 105 cm³/mol. The molecule has 0 amide bonds. The number of nitrogen functional groups attached to an aromatic ring is 1. The summed E-state index contributed by atoms with van der Waals surface area (Å²) in [6.45, 7) is 4.38. The van der Waals surface area contributed by atoms with E-state index in [2.05, 4.69) is 48.1 Å². The molecule has 1 heterocycles. The summed E-state index contributed by atoms with van der Waals surface area (Å²) in [7, 11) is 0. The maximum Gasteiger partial charge on any atom is 0.0507 e. The van der Waals surface area contributed by atoms with E-state index in [1.54, 1.807) is 0 Å². The highest BCUT2D eigenvalue weighted by atomic mass is 79.9. The summed E-state index contributed by atoms with van der Waals surface area (Å²) in [5.74, 6) is 0.895. The van der Waals surface area contributed by atoms with E-state index in [-0.39, 0.29) is 24.8 Å². The zero-order valence-corrected chi connectivity index (χ0v) is 17.2. The number of nitrogens with zero attached hydrogens (tertiary/aromatic N) is 1. The molecule has 7 heteroatoms. The van der Waals surface area contributed by atoms with Crippen LogP contribution in [0.15, 0.2) is 21.1 Å². The van der Waals surface area contributed by atoms with Crippen molar-refractivity contribution in [3.63, 3.8) is 0 Å². The van der Waals surface area contributed by atoms with Crippen LogP contribution in [0.5, 0.6) is 0 Å². The first-order valence-corrected chi connectivity index (χ1v) is 8.93. The second-order valence-electron chi connectivity index (χ2n) is 5.87. The molecule has 1 atom stereocenters. The second-order valence-corrected chi connectivity index (χ2v) is 7.64. The second kappa shape index (κ2) is 9.09. The summed E-state index contributed by atoms with van der Waals surface area (Å²) in [5, 5.41) is 3.44. The SMILES string of the molecule is Cl.Cl.Nc1c(Br)cc(Br)cc1[C@@H](CC1CC1)N1CCNCC1. The Labute approximate surface area is 161 Å². The average molecular weight is 476 g/mol. The van der Waals surface area contributed by atoms with Crippen molar-refractivity contribution in [2.75, 3.05) is 31.9 Å². The van der Waals surface area contributed by atoms with E-state index >= 15 is 0 Å². The first-order valence-electron chi connectivity index (χ1n) is 7.34. The van der Waals surface area contributed by atoms with Crippen molar-refractivity contribution >= 4 is 62.4 Å². The number of nitrogens with one attached hydrogen (secondary N) is 1. The maximum atomic E-state index is 6.35. The Balaban J connectivity index is 0.00000121. The van der Waals surface area contributed by atoms with Gasteiger partial charge in [0, 0.05) is 41.2 Å². The van der Waals surface area contributed by atoms with Crippen LogP contribution < -0.4 is 11.1 Å². The van der Waals surface area contributed by atoms with Gasteiger partial charge in [-0.3, -0.25) is 4.90 Å². The Bertz CT molecular complexity index is 492. The molecule has 1 aromatic rings. The van der Waals surface area contributed by atoms with Crippen LogP contribution in [0.2, 0.25) is 0 Å². The van der Waals surface area contributed by atoms with E-state index < -0.39 is 0 Å². The zero-order valence-electron chi connectivity index (χ0n) is 12.4. The lowest BCUT2D eigenvalue weighted by Gasteiger charge is -2.36. The van der Waals surface area contributed by atoms with Crippen LogP contribution >= 0.6 is 56.7 Å². The van der Waals surface area contributed by atoms with Gasteiger partial charge >= 0.3 is 0 Å². The van der Waals surface area contributed by atoms with E-state index in [4.69, 9.17) is 5.73 Å². The van der Waals surface area contributed by atoms with Crippen LogP contribution in [0.3, 0.4) is 0 Å². The Morgan fingerprint density at radius 2 is 1.82 bits per heavy atom. The molecule has 1 aliphatic heterocycles. The highest BCUT2D eigenvalue weighted by Gasteiger charge is 2.31. The summed E-state index contributed by atoms with van der Waals surface area (Å²) in [5.41, 5.74) is 8.52. The standard InChI is InChI=1S/C15H21Br2N3.2ClH/c16-11-8-12(15(18)13(17)9-11)14(7-10-1-2-10)20-5-3-19-4-6-20;;/h8-10,14,19H,1-7,18H2;2*1H/t14-;;/m1../s1. The van der Waals surface area contributed by atoms with Crippen LogP contribution in [0.1, 0.15) is 30.9 Å². The molecule has 3 rings (SSSR count). The molecule has 2 fully saturated rings. The number of hydrogen-bond acceptors (Lipinski definition) is 3. The molecule has 3 N–H and O–H groups in total. The van der Waals surface area contributed by atoms with Crippen molar-refractivity contribution in [1.82, 2.24) is 10.2 Å². The minimum atomic E-state index is 0. The summed E-state index contributed by atoms with van der Waals surface area (Å²) in [6.07, 6.45) is 4.02. The van der Waals surface area contributed by atoms with E-state index in [9.17, 15) is 0 Å². The summed E-state index contributed by atoms with van der Waals surface area (Å²) < 4.78 is 2.10. The summed E-state index contributed by atoms with van der Waals surface area (Å²) in [4.78, 5) is 2.60. The van der Waals surface area contributed by atoms with Crippen LogP contribution in [0, 0.1) is 5.92 Å². The van der Waals surface area contributed by atoms with Gasteiger partial charge in [0.1, 0.15) is 0 Å². The summed E-state index contributed by atoms with van der Waals surface area (Å²) in [6, 6.07) is 4.69. The molecular formula is C15H23Br2Cl2N3. The molecule has 1 saturated carbocycles. The van der Waals surface area contributed by atoms with Gasteiger partial charge in [-0.1, -0.05) is 28.8 Å². The average Bonchev–Trinajstić information content (AvgIpc) is 3.25. The van der Waals surface area contributed by atoms with Gasteiger partial charge in [-0.05, 0) is 46.0 Å². The van der Waals surface area contributed by atoms with Gasteiger partial charge in [0.2, 0.25) is 0 Å². The fraction of sp³-hybridized carbons (Fsp3) is 0.600. The molecule has 2 aliphatic rings. The third-order valence-electron chi connectivity index (χ3n) is 4.33. The van der Waals surface area contributed by atoms with E-state index in [1.165, 1.54) is 24.8 Å². The zero-order chi connectivity index (χ0) is 14.1. The van der Waals surface area contributed by atoms with Crippen LogP contribution in [-0.4, -0.2) is 31.1 Å². The number of benzene rings is 1. The van der Waals surface area contributed by atoms with Crippen LogP contribution in [0.4, 0.5) is 5.69 Å². The van der Waals surface area contributed by atoms with Crippen molar-refractivity contribution < 1.29 is 0 Å². The number of halogens is 4. The van der Waals surface area contributed by atoms with Crippen molar-refractivity contribution in [2.45, 2.75) is 25.3 Å². The predicted octanol–water partition coefficient (Wildman–Crippen LogP) is 4.38. The fourth-order valence-corrected chi connectivity index (χ4v) is 4.27. The van der Waals surface area contributed by atoms with Gasteiger partial charge in [0.25, 0.3) is 0 Å². The van der Waals surface area contributed by atoms with Crippen LogP contribution in [0.25, 0.3) is 0 Å². The largest absolute Gasteiger partial charge is 0.398 e. The minimum absolute atomic E-state index is 0. The van der Waals surface area contributed by atoms with Crippen molar-refractivity contribution in [1.29, 1.82) is 0 Å². The Morgan fingerprint density at radius 1 is 1.18 bits per heavy atom. The van der Waals surface area contributed by atoms with Crippen LogP contribution in [-0.2, 0) is 0 Å². The maximum absolute atomic E-state index is 6.35. The van der Waals surface area contributed by atoms with Gasteiger partial charge in [0.05, 0.1) is 5.69 Å². The third-order valence-corrected chi connectivity index (χ3v) is 5.45. The normalized spacial score (nSPS) is 19.9. The van der Waals surface area contributed by atoms with Gasteiger partial charge in [-0.2, -0.15) is 0 Å². The molecule has 0 radical (unpaired) electrons. The molecule has 0 aromatic heterocycles. The molecule has 1 saturated heterocycles. The molecule has 0 bridgehead atoms. The number of rotatable bonds is 4.